The summed E-state index contributed by atoms with van der Waals surface area (Å²) in [6, 6.07) is 8.51. The number of rotatable bonds is 4. The van der Waals surface area contributed by atoms with Crippen LogP contribution in [0.2, 0.25) is 0 Å². The van der Waals surface area contributed by atoms with Crippen molar-refractivity contribution < 1.29 is 4.79 Å². The van der Waals surface area contributed by atoms with E-state index < -0.39 is 0 Å². The number of fused-ring (bicyclic) bond motifs is 1. The van der Waals surface area contributed by atoms with Gasteiger partial charge < -0.3 is 5.32 Å². The van der Waals surface area contributed by atoms with Gasteiger partial charge in [0, 0.05) is 72.0 Å². The van der Waals surface area contributed by atoms with Crippen molar-refractivity contribution in [2.45, 2.75) is 51.0 Å². The molecule has 1 N–H and O–H groups in total. The minimum atomic E-state index is -0.129. The van der Waals surface area contributed by atoms with Crippen LogP contribution in [-0.2, 0) is 11.8 Å². The molecule has 4 heterocycles. The molecule has 0 aromatic carbocycles. The number of hydrogen-bond acceptors (Lipinski definition) is 5. The molecule has 172 valence electrons. The number of amides is 1. The molecular weight excluding hydrogens is 426 g/mol. The highest BCUT2D eigenvalue weighted by atomic mass is 16.1. The molecule has 0 aliphatic heterocycles. The molecule has 4 aromatic rings. The number of hydrogen-bond donors (Lipinski definition) is 1. The van der Waals surface area contributed by atoms with Crippen molar-refractivity contribution in [1.29, 1.82) is 5.26 Å². The monoisotopic (exact) mass is 453 g/mol. The molecular formula is C26H27N7O. The van der Waals surface area contributed by atoms with Gasteiger partial charge in [0.15, 0.2) is 0 Å². The number of pyridine rings is 2. The Morgan fingerprint density at radius 3 is 2.53 bits per heavy atom. The summed E-state index contributed by atoms with van der Waals surface area (Å²) in [5.74, 6) is 0.405. The SMILES string of the molecule is CC(=O)NC1(C)CCC(c2ccc(-c3cc(-c4cnn(C)c4)cn4ncc(C#N)c34)cn2)CC1. The maximum atomic E-state index is 11.5. The van der Waals surface area contributed by atoms with E-state index in [0.717, 1.165) is 59.1 Å². The van der Waals surface area contributed by atoms with Crippen molar-refractivity contribution in [3.05, 3.63) is 60.4 Å². The summed E-state index contributed by atoms with van der Waals surface area (Å²) in [6.07, 6.45) is 13.1. The first-order valence-electron chi connectivity index (χ1n) is 11.5. The Morgan fingerprint density at radius 1 is 1.12 bits per heavy atom. The number of carbonyl (C=O) groups excluding carboxylic acids is 1. The minimum Gasteiger partial charge on any atom is -0.351 e. The standard InChI is InChI=1S/C26H27N7O/c1-17(34)31-26(2)8-6-18(7-9-26)24-5-4-19(12-28-24)23-10-20(22-14-29-32(3)15-22)16-33-25(23)21(11-27)13-30-33/h4-5,10,12-16,18H,6-9H2,1-3H3,(H,31,34). The van der Waals surface area contributed by atoms with E-state index in [4.69, 9.17) is 4.98 Å². The summed E-state index contributed by atoms with van der Waals surface area (Å²) >= 11 is 0. The highest BCUT2D eigenvalue weighted by Gasteiger charge is 2.32. The van der Waals surface area contributed by atoms with Gasteiger partial charge in [-0.05, 0) is 44.7 Å². The molecule has 1 aliphatic rings. The summed E-state index contributed by atoms with van der Waals surface area (Å²) in [6.45, 7) is 3.70. The van der Waals surface area contributed by atoms with E-state index in [1.807, 2.05) is 31.8 Å². The van der Waals surface area contributed by atoms with Gasteiger partial charge in [-0.15, -0.1) is 0 Å². The Bertz CT molecular complexity index is 1400. The van der Waals surface area contributed by atoms with E-state index >= 15 is 0 Å². The van der Waals surface area contributed by atoms with Crippen molar-refractivity contribution in [1.82, 2.24) is 29.7 Å². The number of aryl methyl sites for hydroxylation is 1. The molecule has 34 heavy (non-hydrogen) atoms. The van der Waals surface area contributed by atoms with Crippen LogP contribution < -0.4 is 5.32 Å². The van der Waals surface area contributed by atoms with Crippen LogP contribution in [0.15, 0.2) is 49.2 Å². The summed E-state index contributed by atoms with van der Waals surface area (Å²) in [4.78, 5) is 16.3. The lowest BCUT2D eigenvalue weighted by molar-refractivity contribution is -0.121. The molecule has 0 radical (unpaired) electrons. The first-order chi connectivity index (χ1) is 16.3. The number of carbonyl (C=O) groups is 1. The average molecular weight is 454 g/mol. The minimum absolute atomic E-state index is 0.0277. The van der Waals surface area contributed by atoms with Crippen molar-refractivity contribution in [2.75, 3.05) is 0 Å². The zero-order valence-electron chi connectivity index (χ0n) is 19.6. The van der Waals surface area contributed by atoms with Crippen LogP contribution >= 0.6 is 0 Å². The van der Waals surface area contributed by atoms with Crippen LogP contribution in [0.4, 0.5) is 0 Å². The molecule has 0 bridgehead atoms. The third-order valence-electron chi connectivity index (χ3n) is 6.85. The van der Waals surface area contributed by atoms with Crippen LogP contribution in [0.5, 0.6) is 0 Å². The van der Waals surface area contributed by atoms with Gasteiger partial charge >= 0.3 is 0 Å². The first-order valence-corrected chi connectivity index (χ1v) is 11.5. The third kappa shape index (κ3) is 4.05. The van der Waals surface area contributed by atoms with Crippen LogP contribution in [-0.4, -0.2) is 35.8 Å². The predicted molar refractivity (Wildman–Crippen MR) is 129 cm³/mol. The van der Waals surface area contributed by atoms with E-state index in [2.05, 4.69) is 46.7 Å². The molecule has 8 heteroatoms. The Kier molecular flexibility index (Phi) is 5.40. The Hall–Kier alpha value is -3.99. The molecule has 0 atom stereocenters. The zero-order valence-corrected chi connectivity index (χ0v) is 19.6. The van der Waals surface area contributed by atoms with Gasteiger partial charge in [-0.25, -0.2) is 4.52 Å². The van der Waals surface area contributed by atoms with Gasteiger partial charge in [-0.1, -0.05) is 6.07 Å². The molecule has 1 saturated carbocycles. The number of aromatic nitrogens is 5. The second kappa shape index (κ2) is 8.41. The number of nitriles is 1. The zero-order chi connectivity index (χ0) is 23.9. The highest BCUT2D eigenvalue weighted by molar-refractivity contribution is 5.87. The second-order valence-corrected chi connectivity index (χ2v) is 9.50. The first kappa shape index (κ1) is 21.8. The second-order valence-electron chi connectivity index (χ2n) is 9.50. The normalized spacial score (nSPS) is 20.2. The molecule has 5 rings (SSSR count). The van der Waals surface area contributed by atoms with E-state index in [0.29, 0.717) is 11.5 Å². The number of nitrogens with zero attached hydrogens (tertiary/aromatic N) is 6. The van der Waals surface area contributed by atoms with Crippen molar-refractivity contribution in [3.8, 4) is 28.3 Å². The van der Waals surface area contributed by atoms with Crippen LogP contribution in [0, 0.1) is 11.3 Å². The fraction of sp³-hybridized carbons (Fsp3) is 0.346. The lowest BCUT2D eigenvalue weighted by atomic mass is 9.76. The van der Waals surface area contributed by atoms with E-state index in [-0.39, 0.29) is 11.4 Å². The van der Waals surface area contributed by atoms with E-state index in [1.165, 1.54) is 0 Å². The largest absolute Gasteiger partial charge is 0.351 e. The van der Waals surface area contributed by atoms with Gasteiger partial charge in [-0.2, -0.15) is 15.5 Å². The van der Waals surface area contributed by atoms with Crippen molar-refractivity contribution >= 4 is 11.4 Å². The molecule has 1 amide bonds. The predicted octanol–water partition coefficient (Wildman–Crippen LogP) is 4.22. The molecule has 8 nitrogen and oxygen atoms in total. The molecule has 0 saturated heterocycles. The molecule has 4 aromatic heterocycles. The third-order valence-corrected chi connectivity index (χ3v) is 6.85. The Labute approximate surface area is 198 Å². The summed E-state index contributed by atoms with van der Waals surface area (Å²) in [5.41, 5.74) is 6.05. The van der Waals surface area contributed by atoms with Gasteiger partial charge in [0.25, 0.3) is 0 Å². The molecule has 1 fully saturated rings. The molecule has 0 unspecified atom stereocenters. The smallest absolute Gasteiger partial charge is 0.217 e. The van der Waals surface area contributed by atoms with Crippen molar-refractivity contribution in [2.24, 2.45) is 7.05 Å². The van der Waals surface area contributed by atoms with E-state index in [1.54, 1.807) is 22.3 Å². The van der Waals surface area contributed by atoms with Gasteiger partial charge in [0.2, 0.25) is 5.91 Å². The Balaban J connectivity index is 1.47. The maximum absolute atomic E-state index is 11.5. The van der Waals surface area contributed by atoms with E-state index in [9.17, 15) is 10.1 Å². The summed E-state index contributed by atoms with van der Waals surface area (Å²) in [5, 5.41) is 21.4. The number of nitrogens with one attached hydrogen (secondary N) is 1. The summed E-state index contributed by atoms with van der Waals surface area (Å²) in [7, 11) is 1.89. The highest BCUT2D eigenvalue weighted by Crippen LogP contribution is 2.38. The quantitative estimate of drug-likeness (QED) is 0.499. The van der Waals surface area contributed by atoms with Crippen LogP contribution in [0.3, 0.4) is 0 Å². The van der Waals surface area contributed by atoms with Gasteiger partial charge in [0.1, 0.15) is 6.07 Å². The topological polar surface area (TPSA) is 101 Å². The van der Waals surface area contributed by atoms with Crippen LogP contribution in [0.1, 0.15) is 56.7 Å². The summed E-state index contributed by atoms with van der Waals surface area (Å²) < 4.78 is 3.52. The van der Waals surface area contributed by atoms with Gasteiger partial charge in [0.05, 0.1) is 23.5 Å². The van der Waals surface area contributed by atoms with Crippen LogP contribution in [0.25, 0.3) is 27.8 Å². The molecule has 0 spiro atoms. The lowest BCUT2D eigenvalue weighted by Crippen LogP contribution is -2.47. The fourth-order valence-electron chi connectivity index (χ4n) is 5.06. The molecule has 1 aliphatic carbocycles. The lowest BCUT2D eigenvalue weighted by Gasteiger charge is -2.37. The van der Waals surface area contributed by atoms with Gasteiger partial charge in [-0.3, -0.25) is 14.5 Å². The fourth-order valence-corrected chi connectivity index (χ4v) is 5.06. The van der Waals surface area contributed by atoms with Crippen molar-refractivity contribution in [3.63, 3.8) is 0 Å². The Morgan fingerprint density at radius 2 is 1.91 bits per heavy atom. The average Bonchev–Trinajstić information content (AvgIpc) is 3.44. The maximum Gasteiger partial charge on any atom is 0.217 e.